The van der Waals surface area contributed by atoms with Crippen LogP contribution in [0.15, 0.2) is 90.5 Å². The van der Waals surface area contributed by atoms with Crippen LogP contribution in [-0.4, -0.2) is 39.1 Å². The van der Waals surface area contributed by atoms with Crippen LogP contribution in [0.2, 0.25) is 0 Å². The van der Waals surface area contributed by atoms with Gasteiger partial charge in [0.1, 0.15) is 11.5 Å². The zero-order valence-electron chi connectivity index (χ0n) is 21.8. The first-order valence-electron chi connectivity index (χ1n) is 12.7. The standard InChI is InChI=1S/C32H27NO6/c1-37-20-12-8-18(9-13-20)26(19-10-14-21(38-2)15-11-19)27-23-16-17-24(27)29-28(23)30(34)33(31(29)35)25-7-5-4-6-22(25)32(36)39-3/h4-17,23-24,28-29H,1-3H3/t23-,24-,28-,29-/m0/s1. The zero-order valence-corrected chi connectivity index (χ0v) is 21.8. The van der Waals surface area contributed by atoms with Gasteiger partial charge in [-0.1, -0.05) is 48.6 Å². The van der Waals surface area contributed by atoms with Crippen molar-refractivity contribution in [2.24, 2.45) is 23.7 Å². The van der Waals surface area contributed by atoms with Gasteiger partial charge in [0.2, 0.25) is 11.8 Å². The molecule has 39 heavy (non-hydrogen) atoms. The van der Waals surface area contributed by atoms with Crippen LogP contribution >= 0.6 is 0 Å². The number of amides is 2. The molecule has 1 saturated carbocycles. The fourth-order valence-corrected chi connectivity index (χ4v) is 6.30. The van der Waals surface area contributed by atoms with Gasteiger partial charge in [-0.15, -0.1) is 0 Å². The third-order valence-electron chi connectivity index (χ3n) is 8.01. The summed E-state index contributed by atoms with van der Waals surface area (Å²) in [6.07, 6.45) is 4.10. The number of carbonyl (C=O) groups excluding carboxylic acids is 3. The van der Waals surface area contributed by atoms with Crippen molar-refractivity contribution in [3.63, 3.8) is 0 Å². The van der Waals surface area contributed by atoms with Crippen molar-refractivity contribution in [3.05, 3.63) is 107 Å². The number of rotatable bonds is 6. The minimum absolute atomic E-state index is 0.190. The highest BCUT2D eigenvalue weighted by Crippen LogP contribution is 2.59. The van der Waals surface area contributed by atoms with E-state index in [1.807, 2.05) is 48.5 Å². The third-order valence-corrected chi connectivity index (χ3v) is 8.01. The summed E-state index contributed by atoms with van der Waals surface area (Å²) >= 11 is 0. The summed E-state index contributed by atoms with van der Waals surface area (Å²) in [7, 11) is 4.53. The molecule has 0 aromatic heterocycles. The average Bonchev–Trinajstić information content (AvgIpc) is 3.62. The first-order valence-corrected chi connectivity index (χ1v) is 12.7. The average molecular weight is 522 g/mol. The number of allylic oxidation sites excluding steroid dienone is 3. The topological polar surface area (TPSA) is 82.1 Å². The maximum absolute atomic E-state index is 13.9. The Bertz CT molecular complexity index is 1450. The second-order valence-corrected chi connectivity index (χ2v) is 9.80. The number of fused-ring (bicyclic) bond motifs is 5. The Labute approximate surface area is 226 Å². The number of nitrogens with zero attached hydrogens (tertiary/aromatic N) is 1. The van der Waals surface area contributed by atoms with E-state index in [-0.39, 0.29) is 34.9 Å². The number of methoxy groups -OCH3 is 3. The van der Waals surface area contributed by atoms with E-state index < -0.39 is 17.8 Å². The van der Waals surface area contributed by atoms with Crippen LogP contribution in [-0.2, 0) is 14.3 Å². The van der Waals surface area contributed by atoms with Gasteiger partial charge in [0.05, 0.1) is 44.4 Å². The van der Waals surface area contributed by atoms with E-state index in [0.29, 0.717) is 0 Å². The number of para-hydroxylation sites is 1. The molecule has 3 aromatic rings. The quantitative estimate of drug-likeness (QED) is 0.260. The van der Waals surface area contributed by atoms with Crippen LogP contribution in [0.25, 0.3) is 5.57 Å². The van der Waals surface area contributed by atoms with Gasteiger partial charge in [-0.3, -0.25) is 9.59 Å². The Morgan fingerprint density at radius 3 is 1.64 bits per heavy atom. The Kier molecular flexibility index (Phi) is 6.06. The maximum atomic E-state index is 13.9. The van der Waals surface area contributed by atoms with Gasteiger partial charge in [0.25, 0.3) is 0 Å². The lowest BCUT2D eigenvalue weighted by atomic mass is 9.85. The molecule has 3 aromatic carbocycles. The van der Waals surface area contributed by atoms with E-state index in [2.05, 4.69) is 12.2 Å². The lowest BCUT2D eigenvalue weighted by molar-refractivity contribution is -0.122. The highest BCUT2D eigenvalue weighted by molar-refractivity contribution is 6.25. The smallest absolute Gasteiger partial charge is 0.339 e. The van der Waals surface area contributed by atoms with Crippen LogP contribution in [0.3, 0.4) is 0 Å². The van der Waals surface area contributed by atoms with Crippen LogP contribution in [0.4, 0.5) is 5.69 Å². The summed E-state index contributed by atoms with van der Waals surface area (Å²) < 4.78 is 15.6. The molecule has 6 rings (SSSR count). The van der Waals surface area contributed by atoms with Crippen LogP contribution in [0.5, 0.6) is 11.5 Å². The fourth-order valence-electron chi connectivity index (χ4n) is 6.30. The number of ether oxygens (including phenoxy) is 3. The molecule has 1 aliphatic heterocycles. The minimum Gasteiger partial charge on any atom is -0.497 e. The Morgan fingerprint density at radius 2 is 1.18 bits per heavy atom. The van der Waals surface area contributed by atoms with E-state index >= 15 is 0 Å². The lowest BCUT2D eigenvalue weighted by Crippen LogP contribution is -2.34. The molecule has 1 heterocycles. The van der Waals surface area contributed by atoms with Crippen molar-refractivity contribution in [2.75, 3.05) is 26.2 Å². The fraction of sp³-hybridized carbons (Fsp3) is 0.219. The zero-order chi connectivity index (χ0) is 27.3. The third kappa shape index (κ3) is 3.76. The number of hydrogen-bond donors (Lipinski definition) is 0. The Balaban J connectivity index is 1.47. The van der Waals surface area contributed by atoms with Gasteiger partial charge < -0.3 is 14.2 Å². The van der Waals surface area contributed by atoms with Crippen LogP contribution < -0.4 is 14.4 Å². The number of hydrogen-bond acceptors (Lipinski definition) is 6. The predicted molar refractivity (Wildman–Crippen MR) is 145 cm³/mol. The molecule has 1 saturated heterocycles. The number of imide groups is 1. The first kappa shape index (κ1) is 24.7. The number of benzene rings is 3. The van der Waals surface area contributed by atoms with E-state index in [1.54, 1.807) is 38.5 Å². The highest BCUT2D eigenvalue weighted by atomic mass is 16.5. The second kappa shape index (κ2) is 9.58. The van der Waals surface area contributed by atoms with Crippen LogP contribution in [0.1, 0.15) is 21.5 Å². The van der Waals surface area contributed by atoms with Crippen molar-refractivity contribution in [1.82, 2.24) is 0 Å². The molecule has 0 spiro atoms. The van der Waals surface area contributed by atoms with E-state index in [0.717, 1.165) is 33.8 Å². The Hall–Kier alpha value is -4.65. The molecule has 0 unspecified atom stereocenters. The molecule has 7 heteroatoms. The molecule has 4 atom stereocenters. The molecule has 2 aliphatic carbocycles. The molecule has 2 fully saturated rings. The van der Waals surface area contributed by atoms with Crippen molar-refractivity contribution in [3.8, 4) is 11.5 Å². The summed E-state index contributed by atoms with van der Waals surface area (Å²) in [5.41, 5.74) is 4.46. The molecular formula is C32H27NO6. The van der Waals surface area contributed by atoms with Gasteiger partial charge in [-0.2, -0.15) is 0 Å². The number of carbonyl (C=O) groups is 3. The molecule has 0 radical (unpaired) electrons. The lowest BCUT2D eigenvalue weighted by Gasteiger charge is -2.23. The summed E-state index contributed by atoms with van der Waals surface area (Å²) in [6.45, 7) is 0. The van der Waals surface area contributed by atoms with Crippen molar-refractivity contribution in [1.29, 1.82) is 0 Å². The monoisotopic (exact) mass is 521 g/mol. The Morgan fingerprint density at radius 1 is 0.692 bits per heavy atom. The summed E-state index contributed by atoms with van der Waals surface area (Å²) in [6, 6.07) is 22.2. The molecular weight excluding hydrogens is 494 g/mol. The minimum atomic E-state index is -0.591. The number of anilines is 1. The van der Waals surface area contributed by atoms with Gasteiger partial charge in [-0.05, 0) is 58.7 Å². The molecule has 196 valence electrons. The maximum Gasteiger partial charge on any atom is 0.339 e. The predicted octanol–water partition coefficient (Wildman–Crippen LogP) is 4.91. The number of esters is 1. The van der Waals surface area contributed by atoms with Crippen molar-refractivity contribution < 1.29 is 28.6 Å². The summed E-state index contributed by atoms with van der Waals surface area (Å²) in [4.78, 5) is 41.5. The SMILES string of the molecule is COC(=O)c1ccccc1N1C(=O)[C@@H]2[C@@H](C1=O)[C@H]1C=C[C@H]2C1=C(c1ccc(OC)cc1)c1ccc(OC)cc1. The molecule has 2 bridgehead atoms. The van der Waals surface area contributed by atoms with Gasteiger partial charge in [-0.25, -0.2) is 9.69 Å². The highest BCUT2D eigenvalue weighted by Gasteiger charge is 2.62. The van der Waals surface area contributed by atoms with Crippen molar-refractivity contribution >= 4 is 29.0 Å². The molecule has 2 amide bonds. The molecule has 3 aliphatic rings. The van der Waals surface area contributed by atoms with E-state index in [4.69, 9.17) is 14.2 Å². The van der Waals surface area contributed by atoms with Crippen LogP contribution in [0, 0.1) is 23.7 Å². The van der Waals surface area contributed by atoms with Gasteiger partial charge in [0, 0.05) is 11.8 Å². The van der Waals surface area contributed by atoms with Gasteiger partial charge in [0.15, 0.2) is 0 Å². The first-order chi connectivity index (χ1) is 19.0. The molecule has 0 N–H and O–H groups in total. The largest absolute Gasteiger partial charge is 0.497 e. The van der Waals surface area contributed by atoms with Gasteiger partial charge >= 0.3 is 5.97 Å². The van der Waals surface area contributed by atoms with Crippen molar-refractivity contribution in [2.45, 2.75) is 0 Å². The van der Waals surface area contributed by atoms with E-state index in [1.165, 1.54) is 12.0 Å². The normalized spacial score (nSPS) is 22.7. The molecule has 7 nitrogen and oxygen atoms in total. The summed E-state index contributed by atoms with van der Waals surface area (Å²) in [5, 5.41) is 0. The second-order valence-electron chi connectivity index (χ2n) is 9.80. The summed E-state index contributed by atoms with van der Waals surface area (Å²) in [5.74, 6) is -1.26. The van der Waals surface area contributed by atoms with E-state index in [9.17, 15) is 14.4 Å².